The lowest BCUT2D eigenvalue weighted by molar-refractivity contribution is 0.102. The molecular weight excluding hydrogens is 344 g/mol. The predicted molar refractivity (Wildman–Crippen MR) is 81.0 cm³/mol. The quantitative estimate of drug-likeness (QED) is 0.693. The average Bonchev–Trinajstić information content (AvgIpc) is 2.90. The average molecular weight is 352 g/mol. The van der Waals surface area contributed by atoms with E-state index in [0.717, 1.165) is 11.0 Å². The zero-order valence-electron chi connectivity index (χ0n) is 10.0. The van der Waals surface area contributed by atoms with Crippen molar-refractivity contribution < 1.29 is 4.79 Å². The molecule has 0 aliphatic carbocycles. The molecule has 0 saturated carbocycles. The smallest absolute Gasteiger partial charge is 0.255 e. The number of halogens is 2. The maximum Gasteiger partial charge on any atom is 0.255 e. The molecule has 0 spiro atoms. The van der Waals surface area contributed by atoms with Crippen LogP contribution in [0.15, 0.2) is 41.3 Å². The first-order valence-electron chi connectivity index (χ1n) is 5.69. The number of amides is 1. The van der Waals surface area contributed by atoms with E-state index < -0.39 is 0 Å². The lowest BCUT2D eigenvalue weighted by atomic mass is 10.2. The summed E-state index contributed by atoms with van der Waals surface area (Å²) < 4.78 is 0.626. The van der Waals surface area contributed by atoms with Crippen molar-refractivity contribution in [3.05, 3.63) is 52.0 Å². The summed E-state index contributed by atoms with van der Waals surface area (Å²) >= 11 is 9.07. The Morgan fingerprint density at radius 3 is 2.95 bits per heavy atom. The van der Waals surface area contributed by atoms with Crippen LogP contribution in [0.5, 0.6) is 0 Å². The summed E-state index contributed by atoms with van der Waals surface area (Å²) in [5.74, 6) is -0.225. The molecule has 3 aromatic rings. The van der Waals surface area contributed by atoms with Crippen molar-refractivity contribution in [2.75, 3.05) is 5.32 Å². The maximum absolute atomic E-state index is 12.2. The van der Waals surface area contributed by atoms with Crippen molar-refractivity contribution in [3.8, 4) is 0 Å². The number of imidazole rings is 1. The second kappa shape index (κ2) is 5.22. The summed E-state index contributed by atoms with van der Waals surface area (Å²) in [6, 6.07) is 6.95. The van der Waals surface area contributed by atoms with Crippen molar-refractivity contribution in [2.45, 2.75) is 0 Å². The van der Waals surface area contributed by atoms with Crippen LogP contribution in [0, 0.1) is 0 Å². The fraction of sp³-hybridized carbons (Fsp3) is 0. The Bertz CT molecular complexity index is 802. The number of nitrogens with zero attached hydrogens (tertiary/aromatic N) is 2. The van der Waals surface area contributed by atoms with Crippen LogP contribution in [-0.4, -0.2) is 20.9 Å². The Hall–Kier alpha value is -1.92. The lowest BCUT2D eigenvalue weighted by Gasteiger charge is -2.06. The van der Waals surface area contributed by atoms with E-state index in [-0.39, 0.29) is 5.91 Å². The van der Waals surface area contributed by atoms with Gasteiger partial charge in [0.15, 0.2) is 0 Å². The molecule has 0 atom stereocenters. The lowest BCUT2D eigenvalue weighted by Crippen LogP contribution is -2.12. The summed E-state index contributed by atoms with van der Waals surface area (Å²) in [5, 5.41) is 3.11. The largest absolute Gasteiger partial charge is 0.345 e. The number of fused-ring (bicyclic) bond motifs is 1. The molecule has 7 heteroatoms. The molecule has 100 valence electrons. The van der Waals surface area contributed by atoms with E-state index in [0.29, 0.717) is 20.9 Å². The van der Waals surface area contributed by atoms with Crippen molar-refractivity contribution in [1.29, 1.82) is 0 Å². The molecule has 0 unspecified atom stereocenters. The van der Waals surface area contributed by atoms with Gasteiger partial charge in [-0.3, -0.25) is 4.79 Å². The van der Waals surface area contributed by atoms with Crippen LogP contribution in [0.1, 0.15) is 10.4 Å². The molecule has 0 bridgehead atoms. The first-order chi connectivity index (χ1) is 9.63. The van der Waals surface area contributed by atoms with Gasteiger partial charge in [0, 0.05) is 5.56 Å². The van der Waals surface area contributed by atoms with Crippen LogP contribution in [0.2, 0.25) is 5.15 Å². The van der Waals surface area contributed by atoms with E-state index in [2.05, 4.69) is 36.2 Å². The second-order valence-corrected chi connectivity index (χ2v) is 5.30. The number of rotatable bonds is 2. The third-order valence-electron chi connectivity index (χ3n) is 2.74. The van der Waals surface area contributed by atoms with Crippen LogP contribution in [-0.2, 0) is 0 Å². The summed E-state index contributed by atoms with van der Waals surface area (Å²) in [6.45, 7) is 0. The number of nitrogens with one attached hydrogen (secondary N) is 2. The van der Waals surface area contributed by atoms with Gasteiger partial charge in [-0.25, -0.2) is 9.97 Å². The number of hydrogen-bond donors (Lipinski definition) is 2. The SMILES string of the molecule is O=C(Nc1cnc(Cl)c(Br)c1)c1ccc2nc[nH]c2c1. The van der Waals surface area contributed by atoms with E-state index in [4.69, 9.17) is 11.6 Å². The molecule has 0 aliphatic rings. The standard InChI is InChI=1S/C13H8BrClN4O/c14-9-4-8(5-16-12(9)15)19-13(20)7-1-2-10-11(3-7)18-6-17-10/h1-6H,(H,17,18)(H,19,20). The number of anilines is 1. The van der Waals surface area contributed by atoms with Crippen LogP contribution < -0.4 is 5.32 Å². The van der Waals surface area contributed by atoms with Gasteiger partial charge in [0.1, 0.15) is 5.15 Å². The maximum atomic E-state index is 12.2. The minimum atomic E-state index is -0.225. The van der Waals surface area contributed by atoms with E-state index >= 15 is 0 Å². The molecule has 2 N–H and O–H groups in total. The highest BCUT2D eigenvalue weighted by molar-refractivity contribution is 9.10. The van der Waals surface area contributed by atoms with Gasteiger partial charge in [-0.05, 0) is 40.2 Å². The van der Waals surface area contributed by atoms with Gasteiger partial charge in [-0.2, -0.15) is 0 Å². The topological polar surface area (TPSA) is 70.7 Å². The third-order valence-corrected chi connectivity index (χ3v) is 3.87. The predicted octanol–water partition coefficient (Wildman–Crippen LogP) is 3.63. The fourth-order valence-electron chi connectivity index (χ4n) is 1.77. The summed E-state index contributed by atoms with van der Waals surface area (Å²) in [6.07, 6.45) is 3.09. The number of hydrogen-bond acceptors (Lipinski definition) is 3. The molecular formula is C13H8BrClN4O. The van der Waals surface area contributed by atoms with Gasteiger partial charge in [-0.15, -0.1) is 0 Å². The Kier molecular flexibility index (Phi) is 3.42. The summed E-state index contributed by atoms with van der Waals surface area (Å²) in [5.41, 5.74) is 2.73. The van der Waals surface area contributed by atoms with Gasteiger partial charge in [0.25, 0.3) is 5.91 Å². The van der Waals surface area contributed by atoms with Crippen molar-refractivity contribution in [2.24, 2.45) is 0 Å². The number of benzene rings is 1. The Labute approximate surface area is 127 Å². The van der Waals surface area contributed by atoms with Crippen molar-refractivity contribution in [3.63, 3.8) is 0 Å². The van der Waals surface area contributed by atoms with Gasteiger partial charge in [-0.1, -0.05) is 11.6 Å². The molecule has 20 heavy (non-hydrogen) atoms. The molecule has 5 nitrogen and oxygen atoms in total. The Morgan fingerprint density at radius 2 is 2.15 bits per heavy atom. The van der Waals surface area contributed by atoms with Gasteiger partial charge in [0.05, 0.1) is 33.7 Å². The normalized spacial score (nSPS) is 10.7. The van der Waals surface area contributed by atoms with Crippen LogP contribution >= 0.6 is 27.5 Å². The molecule has 0 fully saturated rings. The molecule has 1 aromatic carbocycles. The zero-order chi connectivity index (χ0) is 14.1. The number of carbonyl (C=O) groups excluding carboxylic acids is 1. The summed E-state index contributed by atoms with van der Waals surface area (Å²) in [4.78, 5) is 23.2. The number of carbonyl (C=O) groups is 1. The Morgan fingerprint density at radius 1 is 1.30 bits per heavy atom. The molecule has 2 heterocycles. The number of aromatic amines is 1. The van der Waals surface area contributed by atoms with E-state index in [1.807, 2.05) is 0 Å². The minimum absolute atomic E-state index is 0.225. The van der Waals surface area contributed by atoms with Crippen LogP contribution in [0.4, 0.5) is 5.69 Å². The number of pyridine rings is 1. The molecule has 0 saturated heterocycles. The molecule has 2 aromatic heterocycles. The Balaban J connectivity index is 1.86. The second-order valence-electron chi connectivity index (χ2n) is 4.09. The molecule has 0 aliphatic heterocycles. The first kappa shape index (κ1) is 13.1. The molecule has 0 radical (unpaired) electrons. The van der Waals surface area contributed by atoms with E-state index in [1.165, 1.54) is 6.20 Å². The van der Waals surface area contributed by atoms with Crippen LogP contribution in [0.3, 0.4) is 0 Å². The first-order valence-corrected chi connectivity index (χ1v) is 6.86. The molecule has 3 rings (SSSR count). The highest BCUT2D eigenvalue weighted by atomic mass is 79.9. The highest BCUT2D eigenvalue weighted by Gasteiger charge is 2.09. The van der Waals surface area contributed by atoms with Gasteiger partial charge in [0.2, 0.25) is 0 Å². The van der Waals surface area contributed by atoms with Crippen LogP contribution in [0.25, 0.3) is 11.0 Å². The highest BCUT2D eigenvalue weighted by Crippen LogP contribution is 2.23. The summed E-state index contributed by atoms with van der Waals surface area (Å²) in [7, 11) is 0. The zero-order valence-corrected chi connectivity index (χ0v) is 12.4. The number of aromatic nitrogens is 3. The fourth-order valence-corrected chi connectivity index (χ4v) is 2.22. The van der Waals surface area contributed by atoms with Gasteiger partial charge >= 0.3 is 0 Å². The van der Waals surface area contributed by atoms with E-state index in [9.17, 15) is 4.79 Å². The monoisotopic (exact) mass is 350 g/mol. The van der Waals surface area contributed by atoms with Gasteiger partial charge < -0.3 is 10.3 Å². The van der Waals surface area contributed by atoms with Crippen molar-refractivity contribution >= 4 is 50.2 Å². The molecule has 1 amide bonds. The number of H-pyrrole nitrogens is 1. The van der Waals surface area contributed by atoms with E-state index in [1.54, 1.807) is 30.6 Å². The van der Waals surface area contributed by atoms with Crippen molar-refractivity contribution in [1.82, 2.24) is 15.0 Å². The minimum Gasteiger partial charge on any atom is -0.345 e. The third kappa shape index (κ3) is 2.52.